The summed E-state index contributed by atoms with van der Waals surface area (Å²) in [6, 6.07) is 2.15. The second-order valence-corrected chi connectivity index (χ2v) is 5.76. The topological polar surface area (TPSA) is 70.0 Å². The molecule has 1 N–H and O–H groups in total. The molecule has 2 aliphatic rings. The summed E-state index contributed by atoms with van der Waals surface area (Å²) in [5, 5.41) is 12.0. The normalized spacial score (nSPS) is 40.4. The van der Waals surface area contributed by atoms with Gasteiger partial charge in [0.25, 0.3) is 0 Å². The average molecular weight is 223 g/mol. The number of fused-ring (bicyclic) bond motifs is 1. The Labute approximate surface area is 83.6 Å². The van der Waals surface area contributed by atoms with Crippen LogP contribution in [0, 0.1) is 22.7 Å². The Morgan fingerprint density at radius 1 is 1.54 bits per heavy atom. The fraction of sp³-hybridized carbons (Fsp3) is 0.857. The molecule has 2 fully saturated rings. The highest BCUT2D eigenvalue weighted by atomic mass is 35.5. The van der Waals surface area contributed by atoms with Crippen molar-refractivity contribution in [3.8, 4) is 6.07 Å². The predicted molar refractivity (Wildman–Crippen MR) is 50.3 cm³/mol. The lowest BCUT2D eigenvalue weighted by molar-refractivity contribution is 0.410. The van der Waals surface area contributed by atoms with Crippen LogP contribution in [0.2, 0.25) is 0 Å². The zero-order valence-electron chi connectivity index (χ0n) is 6.99. The average Bonchev–Trinajstić information content (AvgIpc) is 2.40. The molecule has 2 atom stereocenters. The third-order valence-electron chi connectivity index (χ3n) is 2.77. The van der Waals surface area contributed by atoms with Gasteiger partial charge in [-0.05, 0) is 0 Å². The number of halogens is 1. The van der Waals surface area contributed by atoms with Crippen LogP contribution in [-0.4, -0.2) is 33.0 Å². The van der Waals surface area contributed by atoms with Crippen molar-refractivity contribution < 1.29 is 8.42 Å². The van der Waals surface area contributed by atoms with E-state index in [-0.39, 0.29) is 29.8 Å². The van der Waals surface area contributed by atoms with Crippen LogP contribution in [0.15, 0.2) is 0 Å². The fourth-order valence-electron chi connectivity index (χ4n) is 2.12. The lowest BCUT2D eigenvalue weighted by Crippen LogP contribution is -2.27. The molecule has 0 aliphatic carbocycles. The van der Waals surface area contributed by atoms with Gasteiger partial charge in [0.05, 0.1) is 23.0 Å². The molecule has 2 saturated heterocycles. The highest BCUT2D eigenvalue weighted by Gasteiger charge is 2.53. The molecule has 0 saturated carbocycles. The Bertz CT molecular complexity index is 348. The summed E-state index contributed by atoms with van der Waals surface area (Å²) >= 11 is 0. The number of sulfone groups is 1. The maximum Gasteiger partial charge on any atom is 0.152 e. The van der Waals surface area contributed by atoms with Gasteiger partial charge in [-0.15, -0.1) is 12.4 Å². The minimum Gasteiger partial charge on any atom is -0.315 e. The SMILES string of the molecule is Cl.N#C[C@]12CNC[C@H]1CS(=O)(=O)C2. The van der Waals surface area contributed by atoms with Gasteiger partial charge in [-0.2, -0.15) is 5.26 Å². The molecule has 0 aromatic rings. The number of rotatable bonds is 0. The molecule has 0 aromatic carbocycles. The second-order valence-electron chi connectivity index (χ2n) is 3.65. The summed E-state index contributed by atoms with van der Waals surface area (Å²) in [6.07, 6.45) is 0. The van der Waals surface area contributed by atoms with Crippen molar-refractivity contribution in [1.29, 1.82) is 5.26 Å². The molecular weight excluding hydrogens is 212 g/mol. The van der Waals surface area contributed by atoms with Gasteiger partial charge in [0, 0.05) is 19.0 Å². The van der Waals surface area contributed by atoms with E-state index in [1.54, 1.807) is 0 Å². The molecular formula is C7H11ClN2O2S. The van der Waals surface area contributed by atoms with Crippen LogP contribution in [0.5, 0.6) is 0 Å². The van der Waals surface area contributed by atoms with E-state index in [0.717, 1.165) is 0 Å². The number of nitrogens with one attached hydrogen (secondary N) is 1. The van der Waals surface area contributed by atoms with Gasteiger partial charge in [0.2, 0.25) is 0 Å². The molecule has 2 heterocycles. The summed E-state index contributed by atoms with van der Waals surface area (Å²) in [6.45, 7) is 1.21. The Balaban J connectivity index is 0.000000845. The fourth-order valence-corrected chi connectivity index (χ4v) is 4.47. The van der Waals surface area contributed by atoms with Crippen molar-refractivity contribution >= 4 is 22.2 Å². The van der Waals surface area contributed by atoms with Crippen molar-refractivity contribution in [3.63, 3.8) is 0 Å². The van der Waals surface area contributed by atoms with Crippen molar-refractivity contribution in [3.05, 3.63) is 0 Å². The lowest BCUT2D eigenvalue weighted by atomic mass is 9.83. The number of hydrogen-bond acceptors (Lipinski definition) is 4. The summed E-state index contributed by atoms with van der Waals surface area (Å²) in [5.41, 5.74) is -0.612. The van der Waals surface area contributed by atoms with Gasteiger partial charge in [-0.1, -0.05) is 0 Å². The van der Waals surface area contributed by atoms with E-state index >= 15 is 0 Å². The summed E-state index contributed by atoms with van der Waals surface area (Å²) in [7, 11) is -2.94. The van der Waals surface area contributed by atoms with Gasteiger partial charge in [0.1, 0.15) is 0 Å². The molecule has 2 aliphatic heterocycles. The minimum absolute atomic E-state index is 0. The van der Waals surface area contributed by atoms with E-state index < -0.39 is 15.3 Å². The molecule has 2 rings (SSSR count). The standard InChI is InChI=1S/C7H10N2O2S.ClH/c8-3-7-4-9-1-6(7)2-12(10,11)5-7;/h6,9H,1-2,4-5H2;1H/t6-,7+;/m0./s1. The van der Waals surface area contributed by atoms with Crippen molar-refractivity contribution in [2.45, 2.75) is 0 Å². The Morgan fingerprint density at radius 3 is 2.77 bits per heavy atom. The Morgan fingerprint density at radius 2 is 2.23 bits per heavy atom. The molecule has 0 spiro atoms. The van der Waals surface area contributed by atoms with E-state index in [0.29, 0.717) is 13.1 Å². The first-order chi connectivity index (χ1) is 5.58. The van der Waals surface area contributed by atoms with Crippen molar-refractivity contribution in [1.82, 2.24) is 5.32 Å². The maximum atomic E-state index is 11.2. The quantitative estimate of drug-likeness (QED) is 0.604. The first-order valence-corrected chi connectivity index (χ1v) is 5.73. The van der Waals surface area contributed by atoms with E-state index in [2.05, 4.69) is 11.4 Å². The summed E-state index contributed by atoms with van der Waals surface area (Å²) < 4.78 is 22.5. The van der Waals surface area contributed by atoms with E-state index in [4.69, 9.17) is 5.26 Å². The van der Waals surface area contributed by atoms with Gasteiger partial charge >= 0.3 is 0 Å². The van der Waals surface area contributed by atoms with Crippen LogP contribution < -0.4 is 5.32 Å². The molecule has 0 aromatic heterocycles. The zero-order valence-corrected chi connectivity index (χ0v) is 8.62. The summed E-state index contributed by atoms with van der Waals surface area (Å²) in [5.74, 6) is 0.259. The van der Waals surface area contributed by atoms with Gasteiger partial charge in [-0.25, -0.2) is 8.42 Å². The second kappa shape index (κ2) is 3.12. The monoisotopic (exact) mass is 222 g/mol. The lowest BCUT2D eigenvalue weighted by Gasteiger charge is -2.15. The molecule has 4 nitrogen and oxygen atoms in total. The van der Waals surface area contributed by atoms with Crippen molar-refractivity contribution in [2.75, 3.05) is 24.6 Å². The first kappa shape index (κ1) is 10.8. The third-order valence-corrected chi connectivity index (χ3v) is 4.63. The van der Waals surface area contributed by atoms with E-state index in [1.807, 2.05) is 0 Å². The van der Waals surface area contributed by atoms with Crippen LogP contribution in [0.25, 0.3) is 0 Å². The maximum absolute atomic E-state index is 11.2. The smallest absolute Gasteiger partial charge is 0.152 e. The van der Waals surface area contributed by atoms with Gasteiger partial charge < -0.3 is 5.32 Å². The highest BCUT2D eigenvalue weighted by molar-refractivity contribution is 7.91. The first-order valence-electron chi connectivity index (χ1n) is 3.90. The molecule has 0 radical (unpaired) electrons. The van der Waals surface area contributed by atoms with Gasteiger partial charge in [0.15, 0.2) is 9.84 Å². The van der Waals surface area contributed by atoms with Crippen LogP contribution in [-0.2, 0) is 9.84 Å². The highest BCUT2D eigenvalue weighted by Crippen LogP contribution is 2.39. The van der Waals surface area contributed by atoms with Crippen LogP contribution in [0.4, 0.5) is 0 Å². The molecule has 0 amide bonds. The van der Waals surface area contributed by atoms with E-state index in [1.165, 1.54) is 0 Å². The largest absolute Gasteiger partial charge is 0.315 e. The van der Waals surface area contributed by atoms with Crippen LogP contribution >= 0.6 is 12.4 Å². The Kier molecular flexibility index (Phi) is 2.59. The van der Waals surface area contributed by atoms with Crippen LogP contribution in [0.1, 0.15) is 0 Å². The molecule has 0 bridgehead atoms. The number of hydrogen-bond donors (Lipinski definition) is 1. The molecule has 74 valence electrons. The molecule has 6 heteroatoms. The van der Waals surface area contributed by atoms with Crippen molar-refractivity contribution in [2.24, 2.45) is 11.3 Å². The number of nitriles is 1. The van der Waals surface area contributed by atoms with E-state index in [9.17, 15) is 8.42 Å². The molecule has 0 unspecified atom stereocenters. The number of nitrogens with zero attached hydrogens (tertiary/aromatic N) is 1. The molecule has 13 heavy (non-hydrogen) atoms. The van der Waals surface area contributed by atoms with Crippen LogP contribution in [0.3, 0.4) is 0 Å². The third kappa shape index (κ3) is 1.54. The predicted octanol–water partition coefficient (Wildman–Crippen LogP) is -0.434. The van der Waals surface area contributed by atoms with Gasteiger partial charge in [-0.3, -0.25) is 0 Å². The Hall–Kier alpha value is -0.310. The summed E-state index contributed by atoms with van der Waals surface area (Å²) in [4.78, 5) is 0. The minimum atomic E-state index is -2.94. The zero-order chi connectivity index (χ0) is 8.82.